The first-order valence-corrected chi connectivity index (χ1v) is 9.80. The van der Waals surface area contributed by atoms with Gasteiger partial charge in [0.25, 0.3) is 17.7 Å². The molecule has 0 saturated carbocycles. The van der Waals surface area contributed by atoms with E-state index < -0.39 is 23.8 Å². The molecule has 3 N–H and O–H groups in total. The minimum Gasteiger partial charge on any atom is -0.378 e. The van der Waals surface area contributed by atoms with Crippen LogP contribution in [0.25, 0.3) is 11.1 Å². The molecular weight excluding hydrogens is 400 g/mol. The van der Waals surface area contributed by atoms with Crippen LogP contribution in [-0.4, -0.2) is 74.3 Å². The predicted octanol–water partition coefficient (Wildman–Crippen LogP) is 0.881. The molecule has 1 saturated heterocycles. The number of carbonyl (C=O) groups is 3. The van der Waals surface area contributed by atoms with Crippen LogP contribution in [0.1, 0.15) is 10.4 Å². The number of nitrogens with zero attached hydrogens (tertiary/aromatic N) is 2. The number of ether oxygens (including phenoxy) is 1. The van der Waals surface area contributed by atoms with Gasteiger partial charge in [-0.05, 0) is 35.4 Å². The number of hydrogen-bond acceptors (Lipinski definition) is 6. The Bertz CT molecular complexity index is 923. The summed E-state index contributed by atoms with van der Waals surface area (Å²) < 4.78 is 5.30. The molecule has 1 heterocycles. The number of benzene rings is 2. The molecule has 1 fully saturated rings. The summed E-state index contributed by atoms with van der Waals surface area (Å²) in [5.74, 6) is -2.23. The first-order chi connectivity index (χ1) is 14.9. The maximum Gasteiger partial charge on any atom is 0.275 e. The minimum absolute atomic E-state index is 0.286. The summed E-state index contributed by atoms with van der Waals surface area (Å²) in [5, 5.41) is 11.2. The van der Waals surface area contributed by atoms with Gasteiger partial charge in [-0.1, -0.05) is 24.3 Å². The number of nitrogens with one attached hydrogen (secondary N) is 2. The lowest BCUT2D eigenvalue weighted by molar-refractivity contribution is -0.140. The van der Waals surface area contributed by atoms with Crippen LogP contribution in [0.5, 0.6) is 0 Å². The van der Waals surface area contributed by atoms with Crippen molar-refractivity contribution in [3.63, 3.8) is 0 Å². The third-order valence-corrected chi connectivity index (χ3v) is 5.44. The summed E-state index contributed by atoms with van der Waals surface area (Å²) in [6.45, 7) is 1.76. The Kier molecular flexibility index (Phi) is 6.88. The smallest absolute Gasteiger partial charge is 0.275 e. The van der Waals surface area contributed by atoms with Crippen LogP contribution in [0.3, 0.4) is 0 Å². The van der Waals surface area contributed by atoms with Crippen LogP contribution in [-0.2, 0) is 14.3 Å². The number of likely N-dealkylation sites (N-methyl/N-ethyl adjacent to an activating group) is 2. The molecule has 31 heavy (non-hydrogen) atoms. The van der Waals surface area contributed by atoms with Gasteiger partial charge in [0.2, 0.25) is 0 Å². The van der Waals surface area contributed by atoms with Crippen LogP contribution in [0.2, 0.25) is 0 Å². The van der Waals surface area contributed by atoms with Crippen LogP contribution < -0.4 is 15.7 Å². The molecule has 1 aliphatic heterocycles. The fourth-order valence-corrected chi connectivity index (χ4v) is 3.46. The molecule has 1 atom stereocenters. The average Bonchev–Trinajstić information content (AvgIpc) is 2.78. The van der Waals surface area contributed by atoms with Gasteiger partial charge in [-0.25, -0.2) is 5.48 Å². The summed E-state index contributed by atoms with van der Waals surface area (Å²) in [7, 11) is 4.39. The van der Waals surface area contributed by atoms with Crippen molar-refractivity contribution in [1.29, 1.82) is 0 Å². The molecule has 3 rings (SSSR count). The van der Waals surface area contributed by atoms with Gasteiger partial charge in [-0.15, -0.1) is 0 Å². The Morgan fingerprint density at radius 2 is 1.58 bits per heavy atom. The topological polar surface area (TPSA) is 111 Å². The van der Waals surface area contributed by atoms with E-state index in [-0.39, 0.29) is 6.10 Å². The predicted molar refractivity (Wildman–Crippen MR) is 115 cm³/mol. The van der Waals surface area contributed by atoms with Crippen molar-refractivity contribution in [3.05, 3.63) is 54.1 Å². The van der Waals surface area contributed by atoms with E-state index in [1.165, 1.54) is 19.6 Å². The summed E-state index contributed by atoms with van der Waals surface area (Å²) in [4.78, 5) is 39.8. The molecule has 0 bridgehead atoms. The Labute approximate surface area is 180 Å². The zero-order valence-corrected chi connectivity index (χ0v) is 17.7. The molecule has 0 aromatic heterocycles. The first kappa shape index (κ1) is 22.3. The van der Waals surface area contributed by atoms with E-state index in [2.05, 4.69) is 22.3 Å². The van der Waals surface area contributed by atoms with Crippen LogP contribution in [0.4, 0.5) is 5.69 Å². The summed E-state index contributed by atoms with van der Waals surface area (Å²) in [6.07, 6.45) is 0.286. The quantitative estimate of drug-likeness (QED) is 0.344. The second-order valence-corrected chi connectivity index (χ2v) is 7.30. The van der Waals surface area contributed by atoms with Crippen LogP contribution in [0.15, 0.2) is 48.5 Å². The number of rotatable bonds is 7. The van der Waals surface area contributed by atoms with Crippen LogP contribution >= 0.6 is 0 Å². The van der Waals surface area contributed by atoms with Crippen molar-refractivity contribution < 1.29 is 24.3 Å². The highest BCUT2D eigenvalue weighted by Crippen LogP contribution is 2.27. The first-order valence-electron chi connectivity index (χ1n) is 9.80. The van der Waals surface area contributed by atoms with Gasteiger partial charge in [0, 0.05) is 45.5 Å². The molecule has 0 aliphatic carbocycles. The molecule has 1 aliphatic rings. The Morgan fingerprint density at radius 3 is 2.06 bits per heavy atom. The summed E-state index contributed by atoms with van der Waals surface area (Å²) >= 11 is 0. The fraction of sp³-hybridized carbons (Fsp3) is 0.318. The average molecular weight is 426 g/mol. The molecule has 0 spiro atoms. The lowest BCUT2D eigenvalue weighted by Crippen LogP contribution is -2.54. The second kappa shape index (κ2) is 9.59. The van der Waals surface area contributed by atoms with Gasteiger partial charge in [-0.3, -0.25) is 19.6 Å². The number of carbonyl (C=O) groups excluding carboxylic acids is 3. The maximum atomic E-state index is 12.8. The molecule has 3 amide bonds. The third kappa shape index (κ3) is 4.68. The molecule has 164 valence electrons. The molecule has 2 aromatic carbocycles. The Balaban J connectivity index is 1.71. The molecule has 2 aromatic rings. The largest absolute Gasteiger partial charge is 0.378 e. The van der Waals surface area contributed by atoms with E-state index in [0.29, 0.717) is 5.56 Å². The van der Waals surface area contributed by atoms with Gasteiger partial charge >= 0.3 is 0 Å². The molecule has 0 radical (unpaired) electrons. The molecular formula is C22H26N4O5. The molecule has 1 unspecified atom stereocenters. The van der Waals surface area contributed by atoms with Gasteiger partial charge in [0.05, 0.1) is 6.10 Å². The maximum absolute atomic E-state index is 12.8. The Hall–Kier alpha value is -3.43. The van der Waals surface area contributed by atoms with Crippen molar-refractivity contribution in [3.8, 4) is 11.1 Å². The van der Waals surface area contributed by atoms with E-state index >= 15 is 0 Å². The van der Waals surface area contributed by atoms with Gasteiger partial charge in [0.1, 0.15) is 0 Å². The number of anilines is 1. The highest BCUT2D eigenvalue weighted by molar-refractivity contribution is 6.08. The highest BCUT2D eigenvalue weighted by Gasteiger charge is 2.33. The number of methoxy groups -OCH3 is 1. The Morgan fingerprint density at radius 1 is 1.03 bits per heavy atom. The lowest BCUT2D eigenvalue weighted by atomic mass is 10.0. The molecule has 9 nitrogen and oxygen atoms in total. The van der Waals surface area contributed by atoms with Crippen LogP contribution in [0, 0.1) is 0 Å². The van der Waals surface area contributed by atoms with E-state index in [0.717, 1.165) is 34.8 Å². The van der Waals surface area contributed by atoms with E-state index in [4.69, 9.17) is 9.94 Å². The van der Waals surface area contributed by atoms with Crippen molar-refractivity contribution in [1.82, 2.24) is 15.7 Å². The SMILES string of the molecule is CNC(=O)C(C(=O)NO)N(C)C(=O)c1ccc(-c2ccc(N3CC(OC)C3)cc2)cc1. The molecule has 9 heteroatoms. The van der Waals surface area contributed by atoms with Gasteiger partial charge < -0.3 is 19.9 Å². The van der Waals surface area contributed by atoms with E-state index in [1.807, 2.05) is 24.3 Å². The zero-order chi connectivity index (χ0) is 22.5. The summed E-state index contributed by atoms with van der Waals surface area (Å²) in [5.41, 5.74) is 4.80. The monoisotopic (exact) mass is 426 g/mol. The normalized spacial score (nSPS) is 14.4. The van der Waals surface area contributed by atoms with Gasteiger partial charge in [0.15, 0.2) is 6.04 Å². The van der Waals surface area contributed by atoms with Crippen molar-refractivity contribution >= 4 is 23.4 Å². The van der Waals surface area contributed by atoms with Crippen molar-refractivity contribution in [2.45, 2.75) is 12.1 Å². The van der Waals surface area contributed by atoms with Crippen molar-refractivity contribution in [2.24, 2.45) is 0 Å². The number of hydrogen-bond donors (Lipinski definition) is 3. The number of amides is 3. The van der Waals surface area contributed by atoms with E-state index in [1.54, 1.807) is 19.2 Å². The lowest BCUT2D eigenvalue weighted by Gasteiger charge is -2.40. The third-order valence-electron chi connectivity index (χ3n) is 5.44. The second-order valence-electron chi connectivity index (χ2n) is 7.30. The number of hydroxylamine groups is 1. The summed E-state index contributed by atoms with van der Waals surface area (Å²) in [6, 6.07) is 13.5. The fourth-order valence-electron chi connectivity index (χ4n) is 3.46. The van der Waals surface area contributed by atoms with Gasteiger partial charge in [-0.2, -0.15) is 0 Å². The standard InChI is InChI=1S/C22H26N4O5/c1-23-20(27)19(21(28)24-30)25(2)22(29)16-6-4-14(5-7-16)15-8-10-17(11-9-15)26-12-18(13-26)31-3/h4-11,18-19,30H,12-13H2,1-3H3,(H,23,27)(H,24,28). The van der Waals surface area contributed by atoms with E-state index in [9.17, 15) is 14.4 Å². The highest BCUT2D eigenvalue weighted by atomic mass is 16.5. The zero-order valence-electron chi connectivity index (χ0n) is 17.7. The van der Waals surface area contributed by atoms with Crippen molar-refractivity contribution in [2.75, 3.05) is 39.2 Å². The minimum atomic E-state index is -1.49.